The number of hydrogen-bond donors (Lipinski definition) is 1. The number of amides is 2. The first-order chi connectivity index (χ1) is 11.0. The van der Waals surface area contributed by atoms with Crippen LogP contribution in [0, 0.1) is 0 Å². The number of carbonyl (C=O) groups excluding carboxylic acids is 2. The van der Waals surface area contributed by atoms with Gasteiger partial charge in [0.15, 0.2) is 0 Å². The molecule has 0 heterocycles. The zero-order valence-corrected chi connectivity index (χ0v) is 13.5. The minimum Gasteiger partial charge on any atom is -0.368 e. The van der Waals surface area contributed by atoms with Gasteiger partial charge >= 0.3 is 0 Å². The highest BCUT2D eigenvalue weighted by Gasteiger charge is 2.30. The van der Waals surface area contributed by atoms with Gasteiger partial charge in [-0.15, -0.1) is 0 Å². The van der Waals surface area contributed by atoms with Crippen LogP contribution in [0.15, 0.2) is 60.7 Å². The van der Waals surface area contributed by atoms with Gasteiger partial charge < -0.3 is 10.6 Å². The first-order valence-corrected chi connectivity index (χ1v) is 7.67. The summed E-state index contributed by atoms with van der Waals surface area (Å²) in [6.45, 7) is 3.39. The van der Waals surface area contributed by atoms with Crippen LogP contribution in [-0.4, -0.2) is 22.8 Å². The second kappa shape index (κ2) is 7.58. The molecule has 0 radical (unpaired) electrons. The van der Waals surface area contributed by atoms with E-state index in [0.717, 1.165) is 11.1 Å². The maximum Gasteiger partial charge on any atom is 0.240 e. The van der Waals surface area contributed by atoms with E-state index in [1.807, 2.05) is 67.6 Å². The molecule has 4 nitrogen and oxygen atoms in total. The maximum atomic E-state index is 12.2. The van der Waals surface area contributed by atoms with Crippen molar-refractivity contribution in [3.63, 3.8) is 0 Å². The Labute approximate surface area is 136 Å². The maximum absolute atomic E-state index is 12.2. The van der Waals surface area contributed by atoms with Gasteiger partial charge in [0.25, 0.3) is 0 Å². The first kappa shape index (κ1) is 16.7. The molecule has 2 aromatic rings. The minimum atomic E-state index is -0.676. The van der Waals surface area contributed by atoms with Crippen LogP contribution in [0.25, 0.3) is 0 Å². The lowest BCUT2D eigenvalue weighted by atomic mass is 9.99. The molecule has 4 heteroatoms. The number of nitrogens with two attached hydrogens (primary N) is 1. The summed E-state index contributed by atoms with van der Waals surface area (Å²) in [6.07, 6.45) is 0.410. The van der Waals surface area contributed by atoms with Crippen molar-refractivity contribution in [3.05, 3.63) is 71.8 Å². The molecule has 2 N–H and O–H groups in total. The van der Waals surface area contributed by atoms with E-state index in [1.54, 1.807) is 4.90 Å². The second-order valence-corrected chi connectivity index (χ2v) is 5.62. The smallest absolute Gasteiger partial charge is 0.240 e. The molecule has 23 heavy (non-hydrogen) atoms. The van der Waals surface area contributed by atoms with Crippen molar-refractivity contribution in [2.75, 3.05) is 0 Å². The van der Waals surface area contributed by atoms with Crippen LogP contribution in [0.5, 0.6) is 0 Å². The summed E-state index contributed by atoms with van der Waals surface area (Å²) < 4.78 is 0. The van der Waals surface area contributed by atoms with Gasteiger partial charge in [0.2, 0.25) is 11.8 Å². The predicted molar refractivity (Wildman–Crippen MR) is 90.5 cm³/mol. The molecule has 0 fully saturated rings. The Bertz CT molecular complexity index is 656. The number of hydrogen-bond acceptors (Lipinski definition) is 2. The third-order valence-corrected chi connectivity index (χ3v) is 4.00. The summed E-state index contributed by atoms with van der Waals surface area (Å²) in [5.41, 5.74) is 7.56. The Balaban J connectivity index is 2.32. The highest BCUT2D eigenvalue weighted by Crippen LogP contribution is 2.24. The SMILES string of the molecule is CC(=O)N(C(C)c1ccccc1)[C@@H](Cc1ccccc1)C(N)=O. The Morgan fingerprint density at radius 3 is 2.00 bits per heavy atom. The summed E-state index contributed by atoms with van der Waals surface area (Å²) in [5.74, 6) is -0.659. The summed E-state index contributed by atoms with van der Waals surface area (Å²) in [6, 6.07) is 18.3. The predicted octanol–water partition coefficient (Wildman–Crippen LogP) is 2.69. The number of carbonyl (C=O) groups is 2. The molecule has 2 rings (SSSR count). The quantitative estimate of drug-likeness (QED) is 0.891. The molecule has 0 aliphatic rings. The van der Waals surface area contributed by atoms with E-state index in [9.17, 15) is 9.59 Å². The molecule has 0 saturated carbocycles. The van der Waals surface area contributed by atoms with Crippen molar-refractivity contribution in [1.82, 2.24) is 4.90 Å². The third kappa shape index (κ3) is 4.19. The standard InChI is InChI=1S/C19H22N2O2/c1-14(17-11-7-4-8-12-17)21(15(2)22)18(19(20)23)13-16-9-5-3-6-10-16/h3-12,14,18H,13H2,1-2H3,(H2,20,23)/t14?,18-/m0/s1. The number of nitrogens with zero attached hydrogens (tertiary/aromatic N) is 1. The Hall–Kier alpha value is -2.62. The van der Waals surface area contributed by atoms with E-state index in [2.05, 4.69) is 0 Å². The first-order valence-electron chi connectivity index (χ1n) is 7.67. The van der Waals surface area contributed by atoms with Gasteiger partial charge in [0.1, 0.15) is 6.04 Å². The van der Waals surface area contributed by atoms with Crippen molar-refractivity contribution in [3.8, 4) is 0 Å². The van der Waals surface area contributed by atoms with Gasteiger partial charge in [-0.05, 0) is 18.1 Å². The minimum absolute atomic E-state index is 0.166. The second-order valence-electron chi connectivity index (χ2n) is 5.62. The largest absolute Gasteiger partial charge is 0.368 e. The van der Waals surface area contributed by atoms with Gasteiger partial charge in [-0.1, -0.05) is 60.7 Å². The molecule has 0 aliphatic carbocycles. The zero-order chi connectivity index (χ0) is 16.8. The van der Waals surface area contributed by atoms with E-state index >= 15 is 0 Å². The molecule has 1 unspecified atom stereocenters. The fourth-order valence-electron chi connectivity index (χ4n) is 2.83. The molecular formula is C19H22N2O2. The van der Waals surface area contributed by atoms with E-state index < -0.39 is 11.9 Å². The van der Waals surface area contributed by atoms with Gasteiger partial charge in [-0.3, -0.25) is 9.59 Å². The van der Waals surface area contributed by atoms with E-state index in [-0.39, 0.29) is 11.9 Å². The number of primary amides is 1. The lowest BCUT2D eigenvalue weighted by Gasteiger charge is -2.34. The normalized spacial score (nSPS) is 13.1. The molecule has 0 saturated heterocycles. The van der Waals surface area contributed by atoms with Crippen molar-refractivity contribution in [1.29, 1.82) is 0 Å². The van der Waals surface area contributed by atoms with Crippen LogP contribution < -0.4 is 5.73 Å². The van der Waals surface area contributed by atoms with Gasteiger partial charge in [0, 0.05) is 13.3 Å². The van der Waals surface area contributed by atoms with Crippen LogP contribution in [-0.2, 0) is 16.0 Å². The van der Waals surface area contributed by atoms with Crippen LogP contribution in [0.1, 0.15) is 31.0 Å². The van der Waals surface area contributed by atoms with Crippen LogP contribution in [0.2, 0.25) is 0 Å². The van der Waals surface area contributed by atoms with Crippen LogP contribution in [0.3, 0.4) is 0 Å². The Kier molecular flexibility index (Phi) is 5.52. The molecule has 0 spiro atoms. The highest BCUT2D eigenvalue weighted by atomic mass is 16.2. The van der Waals surface area contributed by atoms with Gasteiger partial charge in [0.05, 0.1) is 6.04 Å². The average molecular weight is 310 g/mol. The van der Waals surface area contributed by atoms with Crippen molar-refractivity contribution in [2.24, 2.45) is 5.73 Å². The van der Waals surface area contributed by atoms with E-state index in [0.29, 0.717) is 6.42 Å². The Morgan fingerprint density at radius 1 is 1.00 bits per heavy atom. The van der Waals surface area contributed by atoms with Crippen LogP contribution in [0.4, 0.5) is 0 Å². The van der Waals surface area contributed by atoms with E-state index in [1.165, 1.54) is 6.92 Å². The third-order valence-electron chi connectivity index (χ3n) is 4.00. The monoisotopic (exact) mass is 310 g/mol. The molecular weight excluding hydrogens is 288 g/mol. The zero-order valence-electron chi connectivity index (χ0n) is 13.5. The molecule has 2 aromatic carbocycles. The molecule has 2 amide bonds. The molecule has 0 aliphatic heterocycles. The van der Waals surface area contributed by atoms with Crippen LogP contribution >= 0.6 is 0 Å². The highest BCUT2D eigenvalue weighted by molar-refractivity contribution is 5.86. The molecule has 0 bridgehead atoms. The number of benzene rings is 2. The lowest BCUT2D eigenvalue weighted by molar-refractivity contribution is -0.140. The van der Waals surface area contributed by atoms with Crippen molar-refractivity contribution < 1.29 is 9.59 Å². The number of rotatable bonds is 6. The summed E-state index contributed by atoms with van der Waals surface area (Å²) in [5, 5.41) is 0. The molecule has 120 valence electrons. The van der Waals surface area contributed by atoms with Crippen molar-refractivity contribution >= 4 is 11.8 Å². The van der Waals surface area contributed by atoms with Crippen molar-refractivity contribution in [2.45, 2.75) is 32.4 Å². The fraction of sp³-hybridized carbons (Fsp3) is 0.263. The van der Waals surface area contributed by atoms with Gasteiger partial charge in [-0.2, -0.15) is 0 Å². The lowest BCUT2D eigenvalue weighted by Crippen LogP contribution is -2.49. The van der Waals surface area contributed by atoms with E-state index in [4.69, 9.17) is 5.73 Å². The average Bonchev–Trinajstić information content (AvgIpc) is 2.55. The summed E-state index contributed by atoms with van der Waals surface area (Å²) in [4.78, 5) is 25.8. The van der Waals surface area contributed by atoms with Gasteiger partial charge in [-0.25, -0.2) is 0 Å². The Morgan fingerprint density at radius 2 is 1.52 bits per heavy atom. The molecule has 0 aromatic heterocycles. The molecule has 2 atom stereocenters. The topological polar surface area (TPSA) is 63.4 Å². The fourth-order valence-corrected chi connectivity index (χ4v) is 2.83. The summed E-state index contributed by atoms with van der Waals surface area (Å²) in [7, 11) is 0. The summed E-state index contributed by atoms with van der Waals surface area (Å²) >= 11 is 0.